The summed E-state index contributed by atoms with van der Waals surface area (Å²) in [6, 6.07) is 5.89. The number of alkyl halides is 6. The molecule has 1 aliphatic rings. The number of phenolic OH excluding ortho intramolecular Hbond substituents is 1. The van der Waals surface area contributed by atoms with Crippen molar-refractivity contribution in [3.05, 3.63) is 47.5 Å². The van der Waals surface area contributed by atoms with Crippen LogP contribution in [0.3, 0.4) is 0 Å². The van der Waals surface area contributed by atoms with Crippen molar-refractivity contribution < 1.29 is 60.0 Å². The topological polar surface area (TPSA) is 99.1 Å². The van der Waals surface area contributed by atoms with Crippen molar-refractivity contribution in [2.75, 3.05) is 0 Å². The molecule has 1 aliphatic heterocycles. The zero-order valence-corrected chi connectivity index (χ0v) is 15.4. The largest absolute Gasteiger partial charge is 0.507 e. The second kappa shape index (κ2) is 8.05. The number of ether oxygens (including phenoxy) is 3. The Hall–Kier alpha value is -3.77. The van der Waals surface area contributed by atoms with Crippen LogP contribution in [0.4, 0.5) is 26.3 Å². The number of fused-ring (bicyclic) bond motifs is 1. The Kier molecular flexibility index (Phi) is 5.76. The molecule has 1 unspecified atom stereocenters. The standard InChI is InChI=1S/C19H10F6O7/c20-18(21,22)16(28)30-9-3-1-8(2-4-9)13-7-12(27)15-11(26)5-10(6-14(15)32-13)31-17(29)19(23,24)25/h1-6,13,26H,7H2. The highest BCUT2D eigenvalue weighted by molar-refractivity contribution is 6.02. The summed E-state index contributed by atoms with van der Waals surface area (Å²) < 4.78 is 87.7. The maximum absolute atomic E-state index is 12.4. The second-order valence-corrected chi connectivity index (χ2v) is 6.39. The van der Waals surface area contributed by atoms with E-state index in [1.807, 2.05) is 0 Å². The third-order valence-corrected chi connectivity index (χ3v) is 4.11. The molecule has 0 aromatic heterocycles. The van der Waals surface area contributed by atoms with Crippen LogP contribution >= 0.6 is 0 Å². The van der Waals surface area contributed by atoms with Crippen LogP contribution in [0.5, 0.6) is 23.0 Å². The molecule has 13 heteroatoms. The first-order valence-corrected chi connectivity index (χ1v) is 8.50. The molecule has 32 heavy (non-hydrogen) atoms. The van der Waals surface area contributed by atoms with Gasteiger partial charge < -0.3 is 19.3 Å². The van der Waals surface area contributed by atoms with Gasteiger partial charge in [-0.1, -0.05) is 12.1 Å². The SMILES string of the molecule is O=C1CC(c2ccc(OC(=O)C(F)(F)F)cc2)Oc2cc(OC(=O)C(F)(F)F)cc(O)c21. The lowest BCUT2D eigenvalue weighted by Crippen LogP contribution is -2.28. The number of hydrogen-bond donors (Lipinski definition) is 1. The van der Waals surface area contributed by atoms with E-state index in [0.29, 0.717) is 6.07 Å². The van der Waals surface area contributed by atoms with Crippen LogP contribution in [-0.2, 0) is 9.59 Å². The molecule has 2 aromatic rings. The van der Waals surface area contributed by atoms with Gasteiger partial charge in [0, 0.05) is 12.1 Å². The fourth-order valence-corrected chi connectivity index (χ4v) is 2.74. The molecule has 0 saturated carbocycles. The van der Waals surface area contributed by atoms with Crippen molar-refractivity contribution in [1.29, 1.82) is 0 Å². The van der Waals surface area contributed by atoms with E-state index in [1.54, 1.807) is 0 Å². The summed E-state index contributed by atoms with van der Waals surface area (Å²) in [6.45, 7) is 0. The van der Waals surface area contributed by atoms with E-state index in [4.69, 9.17) is 4.74 Å². The number of esters is 2. The lowest BCUT2D eigenvalue weighted by atomic mass is 9.95. The predicted molar refractivity (Wildman–Crippen MR) is 90.2 cm³/mol. The van der Waals surface area contributed by atoms with Crippen molar-refractivity contribution in [3.8, 4) is 23.0 Å². The van der Waals surface area contributed by atoms with Gasteiger partial charge in [0.15, 0.2) is 5.78 Å². The van der Waals surface area contributed by atoms with E-state index in [9.17, 15) is 45.8 Å². The fraction of sp³-hybridized carbons (Fsp3) is 0.211. The number of Topliss-reactive ketones (excluding diaryl/α,β-unsaturated/α-hetero) is 1. The van der Waals surface area contributed by atoms with Gasteiger partial charge in [-0.25, -0.2) is 9.59 Å². The smallest absolute Gasteiger partial charge is 0.491 e. The zero-order valence-electron chi connectivity index (χ0n) is 15.4. The van der Waals surface area contributed by atoms with Crippen molar-refractivity contribution in [2.45, 2.75) is 24.9 Å². The number of phenols is 1. The number of rotatable bonds is 3. The number of carbonyl (C=O) groups is 3. The van der Waals surface area contributed by atoms with Gasteiger partial charge in [0.05, 0.1) is 6.42 Å². The van der Waals surface area contributed by atoms with E-state index in [-0.39, 0.29) is 23.3 Å². The first-order chi connectivity index (χ1) is 14.8. The van der Waals surface area contributed by atoms with Crippen LogP contribution in [0.15, 0.2) is 36.4 Å². The van der Waals surface area contributed by atoms with Gasteiger partial charge in [-0.2, -0.15) is 26.3 Å². The molecule has 170 valence electrons. The van der Waals surface area contributed by atoms with Gasteiger partial charge in [-0.15, -0.1) is 0 Å². The lowest BCUT2D eigenvalue weighted by Gasteiger charge is -2.26. The molecule has 0 saturated heterocycles. The quantitative estimate of drug-likeness (QED) is 0.416. The molecule has 3 rings (SSSR count). The maximum atomic E-state index is 12.4. The fourth-order valence-electron chi connectivity index (χ4n) is 2.74. The first kappa shape index (κ1) is 22.9. The van der Waals surface area contributed by atoms with Crippen LogP contribution in [0.25, 0.3) is 0 Å². The molecular weight excluding hydrogens is 454 g/mol. The van der Waals surface area contributed by atoms with Crippen molar-refractivity contribution in [2.24, 2.45) is 0 Å². The Bertz CT molecular complexity index is 1070. The average molecular weight is 464 g/mol. The Morgan fingerprint density at radius 2 is 1.44 bits per heavy atom. The van der Waals surface area contributed by atoms with Crippen LogP contribution in [0.1, 0.15) is 28.4 Å². The molecule has 0 amide bonds. The Morgan fingerprint density at radius 1 is 0.906 bits per heavy atom. The maximum Gasteiger partial charge on any atom is 0.491 e. The third-order valence-electron chi connectivity index (χ3n) is 4.11. The number of ketones is 1. The third kappa shape index (κ3) is 4.92. The normalized spacial score (nSPS) is 16.1. The van der Waals surface area contributed by atoms with E-state index in [0.717, 1.165) is 18.2 Å². The molecule has 1 N–H and O–H groups in total. The van der Waals surface area contributed by atoms with Gasteiger partial charge >= 0.3 is 24.3 Å². The molecule has 1 heterocycles. The predicted octanol–water partition coefficient (Wildman–Crippen LogP) is 4.03. The molecule has 7 nitrogen and oxygen atoms in total. The average Bonchev–Trinajstić information content (AvgIpc) is 2.66. The van der Waals surface area contributed by atoms with Crippen molar-refractivity contribution >= 4 is 17.7 Å². The summed E-state index contributed by atoms with van der Waals surface area (Å²) in [6.07, 6.45) is -11.9. The number of carbonyl (C=O) groups excluding carboxylic acids is 3. The highest BCUT2D eigenvalue weighted by Gasteiger charge is 2.42. The summed E-state index contributed by atoms with van der Waals surface area (Å²) in [5.41, 5.74) is -0.100. The minimum atomic E-state index is -5.30. The number of aromatic hydroxyl groups is 1. The Labute approximate surface area is 174 Å². The van der Waals surface area contributed by atoms with Gasteiger partial charge in [0.25, 0.3) is 0 Å². The monoisotopic (exact) mass is 464 g/mol. The molecule has 0 radical (unpaired) electrons. The molecule has 0 fully saturated rings. The Morgan fingerprint density at radius 3 is 1.97 bits per heavy atom. The van der Waals surface area contributed by atoms with Crippen LogP contribution in [0, 0.1) is 0 Å². The number of benzene rings is 2. The minimum absolute atomic E-state index is 0.244. The van der Waals surface area contributed by atoms with Crippen LogP contribution < -0.4 is 14.2 Å². The Balaban J connectivity index is 1.82. The summed E-state index contributed by atoms with van der Waals surface area (Å²) in [7, 11) is 0. The molecule has 2 aromatic carbocycles. The van der Waals surface area contributed by atoms with Crippen molar-refractivity contribution in [1.82, 2.24) is 0 Å². The molecule has 0 aliphatic carbocycles. The van der Waals surface area contributed by atoms with E-state index < -0.39 is 53.4 Å². The zero-order chi connectivity index (χ0) is 23.8. The van der Waals surface area contributed by atoms with Crippen LogP contribution in [-0.4, -0.2) is 35.2 Å². The second-order valence-electron chi connectivity index (χ2n) is 6.39. The van der Waals surface area contributed by atoms with E-state index in [2.05, 4.69) is 9.47 Å². The molecule has 1 atom stereocenters. The van der Waals surface area contributed by atoms with E-state index >= 15 is 0 Å². The van der Waals surface area contributed by atoms with Gasteiger partial charge in [0.2, 0.25) is 0 Å². The number of hydrogen-bond acceptors (Lipinski definition) is 7. The highest BCUT2D eigenvalue weighted by Crippen LogP contribution is 2.42. The highest BCUT2D eigenvalue weighted by atomic mass is 19.4. The molecule has 0 spiro atoms. The minimum Gasteiger partial charge on any atom is -0.507 e. The number of halogens is 6. The molecule has 0 bridgehead atoms. The van der Waals surface area contributed by atoms with Crippen LogP contribution in [0.2, 0.25) is 0 Å². The summed E-state index contributed by atoms with van der Waals surface area (Å²) in [5.74, 6) is -7.95. The lowest BCUT2D eigenvalue weighted by molar-refractivity contribution is -0.189. The first-order valence-electron chi connectivity index (χ1n) is 8.50. The summed E-state index contributed by atoms with van der Waals surface area (Å²) >= 11 is 0. The van der Waals surface area contributed by atoms with Gasteiger partial charge in [-0.05, 0) is 17.7 Å². The van der Waals surface area contributed by atoms with Crippen molar-refractivity contribution in [3.63, 3.8) is 0 Å². The molecular formula is C19H10F6O7. The summed E-state index contributed by atoms with van der Waals surface area (Å²) in [4.78, 5) is 34.2. The summed E-state index contributed by atoms with van der Waals surface area (Å²) in [5, 5.41) is 9.95. The van der Waals surface area contributed by atoms with Gasteiger partial charge in [-0.3, -0.25) is 4.79 Å². The van der Waals surface area contributed by atoms with E-state index in [1.165, 1.54) is 12.1 Å². The van der Waals surface area contributed by atoms with Gasteiger partial charge in [0.1, 0.15) is 34.7 Å².